The molecule has 100 valence electrons. The van der Waals surface area contributed by atoms with Gasteiger partial charge in [-0.15, -0.1) is 0 Å². The summed E-state index contributed by atoms with van der Waals surface area (Å²) in [5.74, 6) is 3.18. The van der Waals surface area contributed by atoms with Crippen LogP contribution in [0.25, 0.3) is 0 Å². The predicted molar refractivity (Wildman–Crippen MR) is 65.0 cm³/mol. The van der Waals surface area contributed by atoms with Gasteiger partial charge in [-0.25, -0.2) is 5.84 Å². The molecule has 0 fully saturated rings. The van der Waals surface area contributed by atoms with E-state index in [0.29, 0.717) is 18.5 Å². The summed E-state index contributed by atoms with van der Waals surface area (Å²) in [7, 11) is 0. The van der Waals surface area contributed by atoms with Crippen molar-refractivity contribution in [3.05, 3.63) is 11.4 Å². The number of nitrogens with two attached hydrogens (primary N) is 2. The molecule has 0 saturated heterocycles. The van der Waals surface area contributed by atoms with Crippen molar-refractivity contribution in [1.29, 1.82) is 0 Å². The summed E-state index contributed by atoms with van der Waals surface area (Å²) < 4.78 is 27.6. The van der Waals surface area contributed by atoms with Crippen molar-refractivity contribution in [3.8, 4) is 0 Å². The highest BCUT2D eigenvalue weighted by atomic mass is 19.3. The summed E-state index contributed by atoms with van der Waals surface area (Å²) in [6.07, 6.45) is 1.70. The maximum Gasteiger partial charge on any atom is 0.288 e. The van der Waals surface area contributed by atoms with Crippen molar-refractivity contribution in [2.45, 2.75) is 58.4 Å². The molecule has 0 amide bonds. The van der Waals surface area contributed by atoms with Crippen molar-refractivity contribution in [2.24, 2.45) is 17.5 Å². The average Bonchev–Trinajstić information content (AvgIpc) is 2.24. The first-order valence-electron chi connectivity index (χ1n) is 6.16. The van der Waals surface area contributed by atoms with Gasteiger partial charge < -0.3 is 10.7 Å². The molecule has 4 N–H and O–H groups in total. The second kappa shape index (κ2) is 5.21. The summed E-state index contributed by atoms with van der Waals surface area (Å²) in [6.45, 7) is 5.71. The van der Waals surface area contributed by atoms with E-state index in [0.717, 1.165) is 6.42 Å². The van der Waals surface area contributed by atoms with Gasteiger partial charge >= 0.3 is 0 Å². The molecule has 0 heterocycles. The lowest BCUT2D eigenvalue weighted by atomic mass is 9.91. The summed E-state index contributed by atoms with van der Waals surface area (Å²) in [5.41, 5.74) is 5.67. The van der Waals surface area contributed by atoms with Gasteiger partial charge in [0.1, 0.15) is 0 Å². The molecule has 3 nitrogen and oxygen atoms in total. The van der Waals surface area contributed by atoms with E-state index in [9.17, 15) is 8.78 Å². The fourth-order valence-electron chi connectivity index (χ4n) is 2.02. The number of allylic oxidation sites excluding steroid dienone is 2. The summed E-state index contributed by atoms with van der Waals surface area (Å²) >= 11 is 0. The van der Waals surface area contributed by atoms with E-state index in [4.69, 9.17) is 11.6 Å². The van der Waals surface area contributed by atoms with Crippen LogP contribution in [0, 0.1) is 5.92 Å². The van der Waals surface area contributed by atoms with Gasteiger partial charge in [0.25, 0.3) is 5.92 Å². The lowest BCUT2D eigenvalue weighted by Crippen LogP contribution is -2.42. The van der Waals surface area contributed by atoms with Gasteiger partial charge in [-0.2, -0.15) is 8.78 Å². The molecule has 5 heteroatoms. The molecule has 1 atom stereocenters. The average molecular weight is 247 g/mol. The van der Waals surface area contributed by atoms with E-state index in [2.05, 4.69) is 0 Å². The maximum absolute atomic E-state index is 13.8. The van der Waals surface area contributed by atoms with Gasteiger partial charge in [-0.1, -0.05) is 6.92 Å². The molecule has 0 aromatic carbocycles. The Balaban J connectivity index is 3.06. The van der Waals surface area contributed by atoms with Crippen LogP contribution in [0.4, 0.5) is 8.78 Å². The molecular formula is C12H23F2N3. The van der Waals surface area contributed by atoms with E-state index < -0.39 is 5.92 Å². The van der Waals surface area contributed by atoms with Crippen LogP contribution in [0.2, 0.25) is 0 Å². The topological polar surface area (TPSA) is 55.3 Å². The van der Waals surface area contributed by atoms with Crippen molar-refractivity contribution < 1.29 is 8.78 Å². The molecule has 0 bridgehead atoms. The van der Waals surface area contributed by atoms with Gasteiger partial charge in [0.2, 0.25) is 0 Å². The summed E-state index contributed by atoms with van der Waals surface area (Å²) in [4.78, 5) is 0. The third-order valence-electron chi connectivity index (χ3n) is 3.40. The van der Waals surface area contributed by atoms with Crippen LogP contribution in [0.5, 0.6) is 0 Å². The first-order chi connectivity index (χ1) is 7.75. The Kier molecular flexibility index (Phi) is 4.36. The highest BCUT2D eigenvalue weighted by Crippen LogP contribution is 2.35. The van der Waals surface area contributed by atoms with Gasteiger partial charge in [-0.3, -0.25) is 0 Å². The second-order valence-corrected chi connectivity index (χ2v) is 5.25. The Morgan fingerprint density at radius 2 is 1.94 bits per heavy atom. The molecule has 1 aliphatic carbocycles. The largest absolute Gasteiger partial charge is 0.396 e. The molecule has 0 saturated carbocycles. The fraction of sp³-hybridized carbons (Fsp3) is 0.833. The van der Waals surface area contributed by atoms with E-state index in [-0.39, 0.29) is 24.1 Å². The Hall–Kier alpha value is -0.840. The fourth-order valence-corrected chi connectivity index (χ4v) is 2.02. The minimum absolute atomic E-state index is 0.0333. The zero-order valence-electron chi connectivity index (χ0n) is 10.8. The SMILES string of the molecule is CC1CC/C(N(N)C(C)C)=C(/N)C(F)(F)CC1. The molecule has 1 rings (SSSR count). The van der Waals surface area contributed by atoms with Crippen LogP contribution >= 0.6 is 0 Å². The smallest absolute Gasteiger partial charge is 0.288 e. The number of hydrazine groups is 1. The highest BCUT2D eigenvalue weighted by molar-refractivity contribution is 5.18. The summed E-state index contributed by atoms with van der Waals surface area (Å²) in [5, 5.41) is 1.38. The van der Waals surface area contributed by atoms with E-state index >= 15 is 0 Å². The number of hydrogen-bond donors (Lipinski definition) is 2. The minimum atomic E-state index is -2.93. The molecular weight excluding hydrogens is 224 g/mol. The molecule has 1 unspecified atom stereocenters. The number of alkyl halides is 2. The number of nitrogens with zero attached hydrogens (tertiary/aromatic N) is 1. The zero-order valence-corrected chi connectivity index (χ0v) is 10.8. The van der Waals surface area contributed by atoms with Crippen molar-refractivity contribution >= 4 is 0 Å². The Bertz CT molecular complexity index is 300. The lowest BCUT2D eigenvalue weighted by molar-refractivity contribution is 0.0167. The predicted octanol–water partition coefficient (Wildman–Crippen LogP) is 2.59. The van der Waals surface area contributed by atoms with E-state index in [1.165, 1.54) is 5.01 Å². The number of halogens is 2. The van der Waals surface area contributed by atoms with Crippen molar-refractivity contribution in [2.75, 3.05) is 0 Å². The monoisotopic (exact) mass is 247 g/mol. The van der Waals surface area contributed by atoms with E-state index in [1.807, 2.05) is 20.8 Å². The zero-order chi connectivity index (χ0) is 13.2. The minimum Gasteiger partial charge on any atom is -0.396 e. The highest BCUT2D eigenvalue weighted by Gasteiger charge is 2.37. The number of hydrogen-bond acceptors (Lipinski definition) is 3. The molecule has 0 aromatic heterocycles. The standard InChI is InChI=1S/C12H23F2N3/c1-8(2)17(16)10-5-4-9(3)6-7-12(13,14)11(10)15/h8-9H,4-7,15-16H2,1-3H3/b11-10-. The van der Waals surface area contributed by atoms with E-state index in [1.54, 1.807) is 0 Å². The van der Waals surface area contributed by atoms with Crippen LogP contribution in [0.3, 0.4) is 0 Å². The van der Waals surface area contributed by atoms with Crippen LogP contribution < -0.4 is 11.6 Å². The van der Waals surface area contributed by atoms with Crippen LogP contribution in [0.1, 0.15) is 46.5 Å². The maximum atomic E-state index is 13.8. The molecule has 0 spiro atoms. The first-order valence-corrected chi connectivity index (χ1v) is 6.16. The van der Waals surface area contributed by atoms with Crippen molar-refractivity contribution in [3.63, 3.8) is 0 Å². The van der Waals surface area contributed by atoms with Gasteiger partial charge in [0.15, 0.2) is 0 Å². The summed E-state index contributed by atoms with van der Waals surface area (Å²) in [6, 6.07) is -0.0333. The van der Waals surface area contributed by atoms with Crippen LogP contribution in [-0.2, 0) is 0 Å². The molecule has 1 aliphatic rings. The Morgan fingerprint density at radius 3 is 2.47 bits per heavy atom. The first kappa shape index (κ1) is 14.2. The number of rotatable bonds is 2. The molecule has 17 heavy (non-hydrogen) atoms. The Labute approximate surface area is 102 Å². The van der Waals surface area contributed by atoms with Gasteiger partial charge in [-0.05, 0) is 39.0 Å². The lowest BCUT2D eigenvalue weighted by Gasteiger charge is -2.32. The van der Waals surface area contributed by atoms with Crippen molar-refractivity contribution in [1.82, 2.24) is 5.01 Å². The molecule has 0 aliphatic heterocycles. The third kappa shape index (κ3) is 3.31. The third-order valence-corrected chi connectivity index (χ3v) is 3.40. The van der Waals surface area contributed by atoms with Crippen LogP contribution in [0.15, 0.2) is 11.4 Å². The van der Waals surface area contributed by atoms with Gasteiger partial charge in [0.05, 0.1) is 11.4 Å². The Morgan fingerprint density at radius 1 is 1.35 bits per heavy atom. The quantitative estimate of drug-likeness (QED) is 0.582. The van der Waals surface area contributed by atoms with Gasteiger partial charge in [0, 0.05) is 12.5 Å². The second-order valence-electron chi connectivity index (χ2n) is 5.25. The molecule has 0 aromatic rings. The molecule has 0 radical (unpaired) electrons. The van der Waals surface area contributed by atoms with Crippen LogP contribution in [-0.4, -0.2) is 17.0 Å². The normalized spacial score (nSPS) is 29.9.